The molecule has 1 aliphatic rings. The van der Waals surface area contributed by atoms with E-state index >= 15 is 0 Å². The van der Waals surface area contributed by atoms with Crippen LogP contribution in [0.25, 0.3) is 0 Å². The lowest BCUT2D eigenvalue weighted by molar-refractivity contribution is -0.123. The largest absolute Gasteiger partial charge is 0.492 e. The van der Waals surface area contributed by atoms with Crippen molar-refractivity contribution >= 4 is 5.91 Å². The van der Waals surface area contributed by atoms with Crippen molar-refractivity contribution in [1.82, 2.24) is 5.32 Å². The van der Waals surface area contributed by atoms with Gasteiger partial charge in [-0.3, -0.25) is 4.79 Å². The Kier molecular flexibility index (Phi) is 5.05. The molecule has 0 atom stereocenters. The fourth-order valence-electron chi connectivity index (χ4n) is 2.16. The minimum atomic E-state index is -0.190. The minimum absolute atomic E-state index is 0.0207. The molecule has 126 valence electrons. The van der Waals surface area contributed by atoms with Crippen molar-refractivity contribution in [3.8, 4) is 23.0 Å². The zero-order chi connectivity index (χ0) is 16.8. The van der Waals surface area contributed by atoms with Gasteiger partial charge in [0.1, 0.15) is 18.1 Å². The SMILES string of the molecule is Cc1ccc(OCC(=O)NCCOc2ccc3c(c2)OCO3)cc1. The molecule has 2 aromatic rings. The lowest BCUT2D eigenvalue weighted by Gasteiger charge is -2.09. The number of benzene rings is 2. The Morgan fingerprint density at radius 2 is 1.79 bits per heavy atom. The van der Waals surface area contributed by atoms with E-state index < -0.39 is 0 Å². The number of carbonyl (C=O) groups is 1. The number of ether oxygens (including phenoxy) is 4. The van der Waals surface area contributed by atoms with Crippen molar-refractivity contribution in [1.29, 1.82) is 0 Å². The Morgan fingerprint density at radius 1 is 1.04 bits per heavy atom. The first kappa shape index (κ1) is 16.0. The molecular weight excluding hydrogens is 310 g/mol. The molecule has 0 aliphatic carbocycles. The number of carbonyl (C=O) groups excluding carboxylic acids is 1. The molecule has 1 amide bonds. The predicted molar refractivity (Wildman–Crippen MR) is 87.7 cm³/mol. The predicted octanol–water partition coefficient (Wildman–Crippen LogP) is 2.30. The van der Waals surface area contributed by atoms with Crippen LogP contribution in [0.5, 0.6) is 23.0 Å². The Balaban J connectivity index is 1.34. The van der Waals surface area contributed by atoms with E-state index in [9.17, 15) is 4.79 Å². The number of rotatable bonds is 7. The highest BCUT2D eigenvalue weighted by molar-refractivity contribution is 5.77. The molecule has 24 heavy (non-hydrogen) atoms. The molecule has 0 aromatic heterocycles. The van der Waals surface area contributed by atoms with Crippen LogP contribution in [0.1, 0.15) is 5.56 Å². The molecule has 0 bridgehead atoms. The summed E-state index contributed by atoms with van der Waals surface area (Å²) in [6, 6.07) is 12.9. The van der Waals surface area contributed by atoms with Crippen molar-refractivity contribution in [2.75, 3.05) is 26.6 Å². The lowest BCUT2D eigenvalue weighted by atomic mass is 10.2. The molecule has 0 saturated carbocycles. The van der Waals surface area contributed by atoms with E-state index in [1.165, 1.54) is 0 Å². The first-order chi connectivity index (χ1) is 11.7. The van der Waals surface area contributed by atoms with E-state index in [1.54, 1.807) is 18.2 Å². The van der Waals surface area contributed by atoms with Gasteiger partial charge in [-0.25, -0.2) is 0 Å². The third kappa shape index (κ3) is 4.32. The topological polar surface area (TPSA) is 66.0 Å². The highest BCUT2D eigenvalue weighted by atomic mass is 16.7. The second kappa shape index (κ2) is 7.59. The van der Waals surface area contributed by atoms with Gasteiger partial charge in [-0.2, -0.15) is 0 Å². The molecule has 1 aliphatic heterocycles. The summed E-state index contributed by atoms with van der Waals surface area (Å²) in [4.78, 5) is 11.7. The summed E-state index contributed by atoms with van der Waals surface area (Å²) in [5.41, 5.74) is 1.15. The molecule has 1 heterocycles. The second-order valence-corrected chi connectivity index (χ2v) is 5.32. The molecule has 3 rings (SSSR count). The Labute approximate surface area is 140 Å². The standard InChI is InChI=1S/C18H19NO5/c1-13-2-4-14(5-3-13)22-11-18(20)19-8-9-21-15-6-7-16-17(10-15)24-12-23-16/h2-7,10H,8-9,11-12H2,1H3,(H,19,20). The number of amides is 1. The maximum atomic E-state index is 11.7. The maximum absolute atomic E-state index is 11.7. The van der Waals surface area contributed by atoms with Gasteiger partial charge in [0.15, 0.2) is 18.1 Å². The second-order valence-electron chi connectivity index (χ2n) is 5.32. The highest BCUT2D eigenvalue weighted by Gasteiger charge is 2.13. The zero-order valence-electron chi connectivity index (χ0n) is 13.4. The summed E-state index contributed by atoms with van der Waals surface area (Å²) < 4.78 is 21.5. The normalized spacial score (nSPS) is 11.9. The van der Waals surface area contributed by atoms with Crippen LogP contribution in [0.3, 0.4) is 0 Å². The molecule has 6 nitrogen and oxygen atoms in total. The van der Waals surface area contributed by atoms with Crippen LogP contribution in [0.4, 0.5) is 0 Å². The molecule has 1 N–H and O–H groups in total. The van der Waals surface area contributed by atoms with Crippen LogP contribution >= 0.6 is 0 Å². The molecule has 0 spiro atoms. The Hall–Kier alpha value is -2.89. The molecule has 0 unspecified atom stereocenters. The number of hydrogen-bond donors (Lipinski definition) is 1. The smallest absolute Gasteiger partial charge is 0.258 e. The highest BCUT2D eigenvalue weighted by Crippen LogP contribution is 2.34. The average molecular weight is 329 g/mol. The van der Waals surface area contributed by atoms with Crippen LogP contribution in [0, 0.1) is 6.92 Å². The van der Waals surface area contributed by atoms with E-state index in [1.807, 2.05) is 31.2 Å². The van der Waals surface area contributed by atoms with Crippen LogP contribution in [0.2, 0.25) is 0 Å². The molecule has 0 fully saturated rings. The van der Waals surface area contributed by atoms with Gasteiger partial charge in [-0.05, 0) is 31.2 Å². The number of aryl methyl sites for hydroxylation is 1. The number of fused-ring (bicyclic) bond motifs is 1. The van der Waals surface area contributed by atoms with Gasteiger partial charge in [-0.1, -0.05) is 17.7 Å². The van der Waals surface area contributed by atoms with Gasteiger partial charge in [0, 0.05) is 6.07 Å². The van der Waals surface area contributed by atoms with Gasteiger partial charge < -0.3 is 24.3 Å². The van der Waals surface area contributed by atoms with Gasteiger partial charge in [0.25, 0.3) is 5.91 Å². The van der Waals surface area contributed by atoms with Crippen molar-refractivity contribution < 1.29 is 23.7 Å². The van der Waals surface area contributed by atoms with Crippen LogP contribution in [-0.2, 0) is 4.79 Å². The Morgan fingerprint density at radius 3 is 2.62 bits per heavy atom. The summed E-state index contributed by atoms with van der Waals surface area (Å²) in [5.74, 6) is 2.54. The zero-order valence-corrected chi connectivity index (χ0v) is 13.4. The summed E-state index contributed by atoms with van der Waals surface area (Å²) in [6.45, 7) is 2.96. The fraction of sp³-hybridized carbons (Fsp3) is 0.278. The Bertz CT molecular complexity index is 699. The molecular formula is C18H19NO5. The molecule has 0 saturated heterocycles. The van der Waals surface area contributed by atoms with Crippen LogP contribution in [0.15, 0.2) is 42.5 Å². The number of nitrogens with one attached hydrogen (secondary N) is 1. The minimum Gasteiger partial charge on any atom is -0.492 e. The van der Waals surface area contributed by atoms with E-state index in [0.29, 0.717) is 36.1 Å². The first-order valence-electron chi connectivity index (χ1n) is 7.69. The van der Waals surface area contributed by atoms with Crippen molar-refractivity contribution in [3.05, 3.63) is 48.0 Å². The van der Waals surface area contributed by atoms with E-state index in [4.69, 9.17) is 18.9 Å². The van der Waals surface area contributed by atoms with E-state index in [0.717, 1.165) is 5.56 Å². The average Bonchev–Trinajstić information content (AvgIpc) is 3.06. The third-order valence-corrected chi connectivity index (χ3v) is 3.43. The van der Waals surface area contributed by atoms with Crippen molar-refractivity contribution in [2.45, 2.75) is 6.92 Å². The monoisotopic (exact) mass is 329 g/mol. The quantitative estimate of drug-likeness (QED) is 0.790. The van der Waals surface area contributed by atoms with Crippen LogP contribution < -0.4 is 24.3 Å². The van der Waals surface area contributed by atoms with Crippen molar-refractivity contribution in [2.24, 2.45) is 0 Å². The summed E-state index contributed by atoms with van der Waals surface area (Å²) in [7, 11) is 0. The van der Waals surface area contributed by atoms with Crippen molar-refractivity contribution in [3.63, 3.8) is 0 Å². The summed E-state index contributed by atoms with van der Waals surface area (Å²) >= 11 is 0. The van der Waals surface area contributed by atoms with Crippen LogP contribution in [-0.4, -0.2) is 32.5 Å². The van der Waals surface area contributed by atoms with Gasteiger partial charge in [0.2, 0.25) is 6.79 Å². The first-order valence-corrected chi connectivity index (χ1v) is 7.69. The third-order valence-electron chi connectivity index (χ3n) is 3.43. The van der Waals surface area contributed by atoms with Gasteiger partial charge in [0.05, 0.1) is 6.54 Å². The lowest BCUT2D eigenvalue weighted by Crippen LogP contribution is -2.32. The molecule has 2 aromatic carbocycles. The maximum Gasteiger partial charge on any atom is 0.258 e. The molecule has 0 radical (unpaired) electrons. The van der Waals surface area contributed by atoms with Gasteiger partial charge >= 0.3 is 0 Å². The summed E-state index contributed by atoms with van der Waals surface area (Å²) in [6.07, 6.45) is 0. The van der Waals surface area contributed by atoms with E-state index in [2.05, 4.69) is 5.32 Å². The molecule has 6 heteroatoms. The fourth-order valence-corrected chi connectivity index (χ4v) is 2.16. The van der Waals surface area contributed by atoms with E-state index in [-0.39, 0.29) is 19.3 Å². The summed E-state index contributed by atoms with van der Waals surface area (Å²) in [5, 5.41) is 2.74. The van der Waals surface area contributed by atoms with Gasteiger partial charge in [-0.15, -0.1) is 0 Å². The number of hydrogen-bond acceptors (Lipinski definition) is 5.